The molecule has 0 bridgehead atoms. The fourth-order valence-corrected chi connectivity index (χ4v) is 1.89. The molecule has 1 aromatic carbocycles. The maximum atomic E-state index is 11.0. The Morgan fingerprint density at radius 3 is 2.76 bits per heavy atom. The molecular formula is C14H14ClN3O3. The highest BCUT2D eigenvalue weighted by atomic mass is 35.5. The van der Waals surface area contributed by atoms with Gasteiger partial charge in [0.2, 0.25) is 5.75 Å². The lowest BCUT2D eigenvalue weighted by Crippen LogP contribution is -2.10. The largest absolute Gasteiger partial charge is 0.449 e. The van der Waals surface area contributed by atoms with Crippen molar-refractivity contribution in [3.8, 4) is 11.5 Å². The van der Waals surface area contributed by atoms with Crippen LogP contribution in [0.15, 0.2) is 36.5 Å². The minimum atomic E-state index is -0.546. The summed E-state index contributed by atoms with van der Waals surface area (Å²) < 4.78 is 5.49. The summed E-state index contributed by atoms with van der Waals surface area (Å²) in [7, 11) is 0. The summed E-state index contributed by atoms with van der Waals surface area (Å²) in [6.07, 6.45) is 2.26. The van der Waals surface area contributed by atoms with Crippen molar-refractivity contribution in [2.45, 2.75) is 19.4 Å². The van der Waals surface area contributed by atoms with Crippen LogP contribution in [0.2, 0.25) is 5.02 Å². The molecule has 0 radical (unpaired) electrons. The van der Waals surface area contributed by atoms with Crippen molar-refractivity contribution in [1.82, 2.24) is 4.98 Å². The SMILES string of the molecule is CCC(N)c1ccc(Oc2ccc(Cl)cc2[N+](=O)[O-])cn1. The molecule has 0 aliphatic carbocycles. The molecule has 1 unspecified atom stereocenters. The van der Waals surface area contributed by atoms with Crippen molar-refractivity contribution in [3.05, 3.63) is 57.4 Å². The van der Waals surface area contributed by atoms with Crippen LogP contribution in [-0.2, 0) is 0 Å². The highest BCUT2D eigenvalue weighted by Crippen LogP contribution is 2.33. The Balaban J connectivity index is 2.24. The van der Waals surface area contributed by atoms with Gasteiger partial charge in [-0.15, -0.1) is 0 Å². The molecule has 1 atom stereocenters. The summed E-state index contributed by atoms with van der Waals surface area (Å²) in [5.41, 5.74) is 6.42. The minimum absolute atomic E-state index is 0.110. The molecule has 110 valence electrons. The van der Waals surface area contributed by atoms with Crippen LogP contribution in [0.3, 0.4) is 0 Å². The molecule has 0 saturated carbocycles. The van der Waals surface area contributed by atoms with Crippen LogP contribution in [0.5, 0.6) is 11.5 Å². The topological polar surface area (TPSA) is 91.3 Å². The van der Waals surface area contributed by atoms with Crippen molar-refractivity contribution in [3.63, 3.8) is 0 Å². The van der Waals surface area contributed by atoms with Gasteiger partial charge in [0.1, 0.15) is 5.75 Å². The first-order valence-electron chi connectivity index (χ1n) is 6.34. The molecule has 1 heterocycles. The number of nitrogens with zero attached hydrogens (tertiary/aromatic N) is 2. The summed E-state index contributed by atoms with van der Waals surface area (Å²) >= 11 is 5.75. The third-order valence-corrected chi connectivity index (χ3v) is 3.16. The molecule has 1 aromatic heterocycles. The van der Waals surface area contributed by atoms with Crippen LogP contribution in [0.4, 0.5) is 5.69 Å². The zero-order valence-corrected chi connectivity index (χ0v) is 12.1. The number of halogens is 1. The summed E-state index contributed by atoms with van der Waals surface area (Å²) in [5, 5.41) is 11.3. The molecule has 6 nitrogen and oxygen atoms in total. The lowest BCUT2D eigenvalue weighted by atomic mass is 10.1. The summed E-state index contributed by atoms with van der Waals surface area (Å²) in [5.74, 6) is 0.506. The first kappa shape index (κ1) is 15.2. The Labute approximate surface area is 126 Å². The van der Waals surface area contributed by atoms with E-state index in [0.717, 1.165) is 12.1 Å². The van der Waals surface area contributed by atoms with E-state index in [1.54, 1.807) is 12.1 Å². The quantitative estimate of drug-likeness (QED) is 0.669. The maximum absolute atomic E-state index is 11.0. The molecule has 0 fully saturated rings. The number of aromatic nitrogens is 1. The average Bonchev–Trinajstić information content (AvgIpc) is 2.49. The lowest BCUT2D eigenvalue weighted by Gasteiger charge is -2.10. The number of nitro benzene ring substituents is 1. The second-order valence-corrected chi connectivity index (χ2v) is 4.84. The van der Waals surface area contributed by atoms with Crippen molar-refractivity contribution in [2.75, 3.05) is 0 Å². The Morgan fingerprint density at radius 1 is 1.43 bits per heavy atom. The Kier molecular flexibility index (Phi) is 4.72. The van der Waals surface area contributed by atoms with Gasteiger partial charge in [-0.2, -0.15) is 0 Å². The fourth-order valence-electron chi connectivity index (χ4n) is 1.73. The summed E-state index contributed by atoms with van der Waals surface area (Å²) in [6, 6.07) is 7.50. The van der Waals surface area contributed by atoms with Crippen LogP contribution >= 0.6 is 11.6 Å². The Hall–Kier alpha value is -2.18. The number of rotatable bonds is 5. The second-order valence-electron chi connectivity index (χ2n) is 4.40. The summed E-state index contributed by atoms with van der Waals surface area (Å²) in [4.78, 5) is 14.6. The maximum Gasteiger partial charge on any atom is 0.313 e. The molecule has 2 N–H and O–H groups in total. The molecule has 21 heavy (non-hydrogen) atoms. The number of ether oxygens (including phenoxy) is 1. The van der Waals surface area contributed by atoms with E-state index in [-0.39, 0.29) is 22.5 Å². The summed E-state index contributed by atoms with van der Waals surface area (Å²) in [6.45, 7) is 1.97. The van der Waals surface area contributed by atoms with Crippen LogP contribution < -0.4 is 10.5 Å². The molecule has 0 saturated heterocycles. The smallest absolute Gasteiger partial charge is 0.313 e. The van der Waals surface area contributed by atoms with Gasteiger partial charge in [-0.1, -0.05) is 18.5 Å². The van der Waals surface area contributed by atoms with E-state index in [1.165, 1.54) is 24.4 Å². The fraction of sp³-hybridized carbons (Fsp3) is 0.214. The predicted molar refractivity (Wildman–Crippen MR) is 79.6 cm³/mol. The van der Waals surface area contributed by atoms with Crippen molar-refractivity contribution < 1.29 is 9.66 Å². The van der Waals surface area contributed by atoms with E-state index in [9.17, 15) is 10.1 Å². The van der Waals surface area contributed by atoms with Crippen molar-refractivity contribution in [1.29, 1.82) is 0 Å². The highest BCUT2D eigenvalue weighted by molar-refractivity contribution is 6.30. The van der Waals surface area contributed by atoms with Crippen molar-refractivity contribution in [2.24, 2.45) is 5.73 Å². The van der Waals surface area contributed by atoms with Crippen LogP contribution in [-0.4, -0.2) is 9.91 Å². The lowest BCUT2D eigenvalue weighted by molar-refractivity contribution is -0.385. The van der Waals surface area contributed by atoms with Gasteiger partial charge in [-0.25, -0.2) is 0 Å². The highest BCUT2D eigenvalue weighted by Gasteiger charge is 2.16. The molecule has 0 aliphatic heterocycles. The van der Waals surface area contributed by atoms with Gasteiger partial charge in [0, 0.05) is 17.1 Å². The normalized spacial score (nSPS) is 12.0. The van der Waals surface area contributed by atoms with E-state index in [1.807, 2.05) is 6.92 Å². The third-order valence-electron chi connectivity index (χ3n) is 2.92. The zero-order chi connectivity index (χ0) is 15.4. The van der Waals surface area contributed by atoms with Crippen LogP contribution in [0, 0.1) is 10.1 Å². The first-order chi connectivity index (χ1) is 10.0. The van der Waals surface area contributed by atoms with Gasteiger partial charge in [0.15, 0.2) is 0 Å². The molecule has 0 aliphatic rings. The van der Waals surface area contributed by atoms with Gasteiger partial charge in [0.25, 0.3) is 0 Å². The zero-order valence-electron chi connectivity index (χ0n) is 11.3. The molecule has 0 amide bonds. The standard InChI is InChI=1S/C14H14ClN3O3/c1-2-11(16)12-5-4-10(8-17-12)21-14-6-3-9(15)7-13(14)18(19)20/h3-8,11H,2,16H2,1H3. The molecular weight excluding hydrogens is 294 g/mol. The second kappa shape index (κ2) is 6.51. The Bertz CT molecular complexity index is 646. The van der Waals surface area contributed by atoms with E-state index < -0.39 is 4.92 Å². The third kappa shape index (κ3) is 3.68. The van der Waals surface area contributed by atoms with Gasteiger partial charge < -0.3 is 10.5 Å². The van der Waals surface area contributed by atoms with Crippen molar-refractivity contribution >= 4 is 17.3 Å². The molecule has 7 heteroatoms. The van der Waals surface area contributed by atoms with E-state index in [0.29, 0.717) is 5.75 Å². The predicted octanol–water partition coefficient (Wildman–Crippen LogP) is 3.85. The average molecular weight is 308 g/mol. The first-order valence-corrected chi connectivity index (χ1v) is 6.72. The number of benzene rings is 1. The Morgan fingerprint density at radius 2 is 2.19 bits per heavy atom. The van der Waals surface area contributed by atoms with Gasteiger partial charge in [-0.05, 0) is 30.7 Å². The number of hydrogen-bond donors (Lipinski definition) is 1. The number of hydrogen-bond acceptors (Lipinski definition) is 5. The van der Waals surface area contributed by atoms with E-state index in [4.69, 9.17) is 22.1 Å². The number of nitro groups is 1. The number of pyridine rings is 1. The minimum Gasteiger partial charge on any atom is -0.449 e. The van der Waals surface area contributed by atoms with Crippen LogP contribution in [0.1, 0.15) is 25.1 Å². The molecule has 0 spiro atoms. The monoisotopic (exact) mass is 307 g/mol. The molecule has 2 aromatic rings. The molecule has 2 rings (SSSR count). The van der Waals surface area contributed by atoms with E-state index in [2.05, 4.69) is 4.98 Å². The van der Waals surface area contributed by atoms with Gasteiger partial charge in [0.05, 0.1) is 16.8 Å². The van der Waals surface area contributed by atoms with Gasteiger partial charge >= 0.3 is 5.69 Å². The van der Waals surface area contributed by atoms with Crippen LogP contribution in [0.25, 0.3) is 0 Å². The van der Waals surface area contributed by atoms with Gasteiger partial charge in [-0.3, -0.25) is 15.1 Å². The van der Waals surface area contributed by atoms with E-state index >= 15 is 0 Å². The number of nitrogens with two attached hydrogens (primary N) is 1.